The molecule has 4 rings (SSSR count). The molecule has 6 heteroatoms. The van der Waals surface area contributed by atoms with Crippen LogP contribution in [0.25, 0.3) is 0 Å². The lowest BCUT2D eigenvalue weighted by molar-refractivity contribution is 0.0624. The quantitative estimate of drug-likeness (QED) is 0.127. The van der Waals surface area contributed by atoms with E-state index in [1.54, 1.807) is 99.8 Å². The molecule has 4 aromatic carbocycles. The van der Waals surface area contributed by atoms with Gasteiger partial charge in [-0.1, -0.05) is 74.9 Å². The van der Waals surface area contributed by atoms with Gasteiger partial charge < -0.3 is 9.47 Å². The largest absolute Gasteiger partial charge is 0.497 e. The van der Waals surface area contributed by atoms with Gasteiger partial charge >= 0.3 is 0 Å². The van der Waals surface area contributed by atoms with Gasteiger partial charge in [0.05, 0.1) is 14.2 Å². The predicted octanol–water partition coefficient (Wildman–Crippen LogP) is 7.99. The third-order valence-electron chi connectivity index (χ3n) is 8.16. The van der Waals surface area contributed by atoms with Gasteiger partial charge in [0.1, 0.15) is 23.3 Å². The number of hydrogen-bond donors (Lipinski definition) is 0. The fourth-order valence-electron chi connectivity index (χ4n) is 5.69. The van der Waals surface area contributed by atoms with Crippen LogP contribution in [0.15, 0.2) is 84.9 Å². The lowest BCUT2D eigenvalue weighted by Crippen LogP contribution is -2.41. The minimum atomic E-state index is -1.63. The Morgan fingerprint density at radius 1 is 0.578 bits per heavy atom. The highest BCUT2D eigenvalue weighted by Crippen LogP contribution is 2.37. The standard InChI is InChI=1S/C39H40O6/c1-23-14-19-29(24(2)20-23)37(42)33(36(41)27-15-17-28(44-7)18-16-27)34(35(40)26-12-10-9-11-13-26)38(43)30-22-31(39(4,5)6)32(45-8)21-25(30)3/h9-22,33-34H,1-8H3. The van der Waals surface area contributed by atoms with Crippen molar-refractivity contribution in [2.45, 2.75) is 47.0 Å². The summed E-state index contributed by atoms with van der Waals surface area (Å²) in [5.74, 6) is -4.52. The fourth-order valence-corrected chi connectivity index (χ4v) is 5.69. The van der Waals surface area contributed by atoms with E-state index >= 15 is 0 Å². The molecular weight excluding hydrogens is 564 g/mol. The minimum Gasteiger partial charge on any atom is -0.497 e. The van der Waals surface area contributed by atoms with Crippen LogP contribution in [0.1, 0.15) is 84.5 Å². The van der Waals surface area contributed by atoms with E-state index in [2.05, 4.69) is 0 Å². The molecule has 45 heavy (non-hydrogen) atoms. The first-order valence-corrected chi connectivity index (χ1v) is 14.9. The van der Waals surface area contributed by atoms with Crippen LogP contribution in [0, 0.1) is 32.6 Å². The van der Waals surface area contributed by atoms with E-state index in [1.165, 1.54) is 7.11 Å². The Morgan fingerprint density at radius 2 is 1.11 bits per heavy atom. The van der Waals surface area contributed by atoms with Crippen molar-refractivity contribution in [2.75, 3.05) is 14.2 Å². The summed E-state index contributed by atoms with van der Waals surface area (Å²) in [6.45, 7) is 11.5. The van der Waals surface area contributed by atoms with Crippen molar-refractivity contribution in [1.82, 2.24) is 0 Å². The number of carbonyl (C=O) groups is 4. The van der Waals surface area contributed by atoms with Gasteiger partial charge in [-0.2, -0.15) is 0 Å². The van der Waals surface area contributed by atoms with Crippen molar-refractivity contribution >= 4 is 23.1 Å². The highest BCUT2D eigenvalue weighted by Gasteiger charge is 2.45. The number of methoxy groups -OCH3 is 2. The van der Waals surface area contributed by atoms with E-state index in [4.69, 9.17) is 9.47 Å². The van der Waals surface area contributed by atoms with Crippen LogP contribution in [0.2, 0.25) is 0 Å². The van der Waals surface area contributed by atoms with Crippen LogP contribution >= 0.6 is 0 Å². The molecule has 2 atom stereocenters. The average molecular weight is 605 g/mol. The molecule has 2 unspecified atom stereocenters. The van der Waals surface area contributed by atoms with E-state index in [1.807, 2.05) is 33.8 Å². The molecule has 0 N–H and O–H groups in total. The molecular formula is C39H40O6. The Morgan fingerprint density at radius 3 is 1.62 bits per heavy atom. The number of benzene rings is 4. The molecule has 0 aliphatic carbocycles. The first kappa shape index (κ1) is 33.1. The number of rotatable bonds is 11. The predicted molar refractivity (Wildman–Crippen MR) is 176 cm³/mol. The van der Waals surface area contributed by atoms with Crippen molar-refractivity contribution in [2.24, 2.45) is 11.8 Å². The summed E-state index contributed by atoms with van der Waals surface area (Å²) in [5.41, 5.74) is 3.51. The molecule has 0 saturated heterocycles. The van der Waals surface area contributed by atoms with Gasteiger partial charge in [0.25, 0.3) is 0 Å². The molecule has 0 spiro atoms. The van der Waals surface area contributed by atoms with Gasteiger partial charge in [0.2, 0.25) is 0 Å². The maximum absolute atomic E-state index is 14.8. The van der Waals surface area contributed by atoms with E-state index in [0.717, 1.165) is 11.1 Å². The molecule has 0 saturated carbocycles. The van der Waals surface area contributed by atoms with E-state index < -0.39 is 40.4 Å². The molecule has 6 nitrogen and oxygen atoms in total. The average Bonchev–Trinajstić information content (AvgIpc) is 3.02. The number of carbonyl (C=O) groups excluding carboxylic acids is 4. The van der Waals surface area contributed by atoms with Crippen molar-refractivity contribution in [1.29, 1.82) is 0 Å². The number of Topliss-reactive ketones (excluding diaryl/α,β-unsaturated/α-hetero) is 4. The summed E-state index contributed by atoms with van der Waals surface area (Å²) < 4.78 is 10.9. The molecule has 0 heterocycles. The highest BCUT2D eigenvalue weighted by molar-refractivity contribution is 6.26. The second-order valence-electron chi connectivity index (χ2n) is 12.4. The monoisotopic (exact) mass is 604 g/mol. The summed E-state index contributed by atoms with van der Waals surface area (Å²) in [6, 6.07) is 23.5. The zero-order chi connectivity index (χ0) is 33.1. The van der Waals surface area contributed by atoms with Gasteiger partial charge in [-0.25, -0.2) is 0 Å². The normalized spacial score (nSPS) is 12.6. The summed E-state index contributed by atoms with van der Waals surface area (Å²) in [4.78, 5) is 58.3. The van der Waals surface area contributed by atoms with Crippen molar-refractivity contribution in [3.05, 3.63) is 129 Å². The van der Waals surface area contributed by atoms with Crippen LogP contribution in [-0.4, -0.2) is 37.4 Å². The number of aryl methyl sites for hydroxylation is 3. The number of ketones is 4. The number of hydrogen-bond acceptors (Lipinski definition) is 6. The molecule has 0 radical (unpaired) electrons. The van der Waals surface area contributed by atoms with Crippen LogP contribution in [0.5, 0.6) is 11.5 Å². The Kier molecular flexibility index (Phi) is 9.87. The molecule has 0 amide bonds. The highest BCUT2D eigenvalue weighted by atomic mass is 16.5. The first-order chi connectivity index (χ1) is 21.3. The minimum absolute atomic E-state index is 0.194. The van der Waals surface area contributed by atoms with Crippen LogP contribution < -0.4 is 9.47 Å². The van der Waals surface area contributed by atoms with E-state index in [-0.39, 0.29) is 22.3 Å². The van der Waals surface area contributed by atoms with Gasteiger partial charge in [-0.05, 0) is 73.7 Å². The first-order valence-electron chi connectivity index (χ1n) is 14.9. The second kappa shape index (κ2) is 13.4. The molecule has 0 aromatic heterocycles. The second-order valence-corrected chi connectivity index (χ2v) is 12.4. The molecule has 4 aromatic rings. The molecule has 0 aliphatic heterocycles. The number of ether oxygens (including phenoxy) is 2. The molecule has 0 aliphatic rings. The smallest absolute Gasteiger partial charge is 0.175 e. The van der Waals surface area contributed by atoms with Crippen LogP contribution in [0.4, 0.5) is 0 Å². The molecule has 232 valence electrons. The summed E-state index contributed by atoms with van der Waals surface area (Å²) in [5, 5.41) is 0. The molecule has 0 bridgehead atoms. The Balaban J connectivity index is 2.01. The summed E-state index contributed by atoms with van der Waals surface area (Å²) in [7, 11) is 3.08. The third-order valence-corrected chi connectivity index (χ3v) is 8.16. The van der Waals surface area contributed by atoms with E-state index in [0.29, 0.717) is 22.6 Å². The lowest BCUT2D eigenvalue weighted by atomic mass is 9.72. The zero-order valence-corrected chi connectivity index (χ0v) is 27.2. The Bertz CT molecular complexity index is 1740. The SMILES string of the molecule is COc1ccc(C(=O)C(C(=O)c2ccc(C)cc2C)C(C(=O)c2ccccc2)C(=O)c2cc(C(C)(C)C)c(OC)cc2C)cc1. The van der Waals surface area contributed by atoms with Crippen molar-refractivity contribution < 1.29 is 28.7 Å². The Labute approximate surface area is 265 Å². The van der Waals surface area contributed by atoms with Crippen molar-refractivity contribution in [3.63, 3.8) is 0 Å². The van der Waals surface area contributed by atoms with Gasteiger partial charge in [-0.3, -0.25) is 19.2 Å². The van der Waals surface area contributed by atoms with Crippen LogP contribution in [0.3, 0.4) is 0 Å². The van der Waals surface area contributed by atoms with Gasteiger partial charge in [-0.15, -0.1) is 0 Å². The third kappa shape index (κ3) is 6.96. The molecule has 0 fully saturated rings. The fraction of sp³-hybridized carbons (Fsp3) is 0.282. The van der Waals surface area contributed by atoms with E-state index in [9.17, 15) is 19.2 Å². The zero-order valence-electron chi connectivity index (χ0n) is 27.2. The van der Waals surface area contributed by atoms with Crippen molar-refractivity contribution in [3.8, 4) is 11.5 Å². The summed E-state index contributed by atoms with van der Waals surface area (Å²) in [6.07, 6.45) is 0. The Hall–Kier alpha value is -4.84. The maximum Gasteiger partial charge on any atom is 0.175 e. The maximum atomic E-state index is 14.8. The van der Waals surface area contributed by atoms with Crippen LogP contribution in [-0.2, 0) is 5.41 Å². The van der Waals surface area contributed by atoms with Gasteiger partial charge in [0, 0.05) is 27.8 Å². The lowest BCUT2D eigenvalue weighted by Gasteiger charge is -2.27. The van der Waals surface area contributed by atoms with Gasteiger partial charge in [0.15, 0.2) is 23.1 Å². The summed E-state index contributed by atoms with van der Waals surface area (Å²) >= 11 is 0. The topological polar surface area (TPSA) is 86.7 Å².